The maximum atomic E-state index is 10.3. The number of hydrogen-bond acceptors (Lipinski definition) is 9. The minimum Gasteiger partial charge on any atom is -0.394 e. The van der Waals surface area contributed by atoms with Crippen LogP contribution in [0.4, 0.5) is 5.82 Å². The van der Waals surface area contributed by atoms with E-state index in [1.807, 2.05) is 0 Å². The standard InChI is InChI=1S/C16H21N5O5/c22-4-10-12(23)13(24)16(26-10)21-6-19-11-14(17-5-18-15(11)21)20-8-3-7-1-2-9(8)25-7/h5-10,12-13,16,22-24H,1-4H2,(H,17,18,20)/t7-,8-,9+,10-,12-,13-,16-/m1/s1. The van der Waals surface area contributed by atoms with Crippen LogP contribution in [0.5, 0.6) is 0 Å². The maximum Gasteiger partial charge on any atom is 0.167 e. The molecule has 0 saturated carbocycles. The number of ether oxygens (including phenoxy) is 2. The minimum absolute atomic E-state index is 0.200. The lowest BCUT2D eigenvalue weighted by Gasteiger charge is -2.20. The van der Waals surface area contributed by atoms with E-state index in [2.05, 4.69) is 20.3 Å². The Morgan fingerprint density at radius 3 is 2.73 bits per heavy atom. The second-order valence-electron chi connectivity index (χ2n) is 7.14. The van der Waals surface area contributed by atoms with E-state index >= 15 is 0 Å². The normalized spacial score (nSPS) is 39.1. The summed E-state index contributed by atoms with van der Waals surface area (Å²) in [5.41, 5.74) is 1.05. The molecule has 2 bridgehead atoms. The Labute approximate surface area is 148 Å². The Hall–Kier alpha value is -1.85. The van der Waals surface area contributed by atoms with Gasteiger partial charge in [-0.25, -0.2) is 15.0 Å². The van der Waals surface area contributed by atoms with E-state index in [0.29, 0.717) is 23.1 Å². The Morgan fingerprint density at radius 2 is 2.04 bits per heavy atom. The number of fused-ring (bicyclic) bond motifs is 3. The van der Waals surface area contributed by atoms with E-state index in [0.717, 1.165) is 19.3 Å². The third-order valence-corrected chi connectivity index (χ3v) is 5.58. The first-order chi connectivity index (χ1) is 12.7. The number of aromatic nitrogens is 4. The van der Waals surface area contributed by atoms with Gasteiger partial charge in [-0.05, 0) is 19.3 Å². The van der Waals surface area contributed by atoms with Gasteiger partial charge in [-0.3, -0.25) is 4.57 Å². The van der Waals surface area contributed by atoms with Gasteiger partial charge in [0.25, 0.3) is 0 Å². The van der Waals surface area contributed by atoms with Crippen molar-refractivity contribution in [3.8, 4) is 0 Å². The molecule has 2 aromatic rings. The summed E-state index contributed by atoms with van der Waals surface area (Å²) in [5.74, 6) is 0.613. The topological polar surface area (TPSA) is 135 Å². The summed E-state index contributed by atoms with van der Waals surface area (Å²) in [5, 5.41) is 32.9. The molecule has 26 heavy (non-hydrogen) atoms. The molecule has 7 atom stereocenters. The molecule has 10 heteroatoms. The summed E-state index contributed by atoms with van der Waals surface area (Å²) in [4.78, 5) is 13.0. The average Bonchev–Trinajstić information content (AvgIpc) is 3.41. The van der Waals surface area contributed by atoms with E-state index in [1.165, 1.54) is 12.7 Å². The monoisotopic (exact) mass is 363 g/mol. The Kier molecular flexibility index (Phi) is 3.83. The number of imidazole rings is 1. The fourth-order valence-electron chi connectivity index (χ4n) is 4.22. The zero-order chi connectivity index (χ0) is 17.8. The van der Waals surface area contributed by atoms with Crippen molar-refractivity contribution in [1.29, 1.82) is 0 Å². The van der Waals surface area contributed by atoms with Gasteiger partial charge in [0, 0.05) is 0 Å². The summed E-state index contributed by atoms with van der Waals surface area (Å²) >= 11 is 0. The molecule has 0 aromatic carbocycles. The highest BCUT2D eigenvalue weighted by atomic mass is 16.6. The SMILES string of the molecule is OC[C@H]1O[C@@H](n2cnc3c(N[C@@H]4C[C@H]5CC[C@@H]4O5)ncnc32)[C@H](O)[C@@H]1O. The third-order valence-electron chi connectivity index (χ3n) is 5.58. The van der Waals surface area contributed by atoms with Crippen LogP contribution in [0.1, 0.15) is 25.5 Å². The highest BCUT2D eigenvalue weighted by Gasteiger charge is 2.44. The molecule has 0 spiro atoms. The lowest BCUT2D eigenvalue weighted by atomic mass is 9.95. The lowest BCUT2D eigenvalue weighted by molar-refractivity contribution is -0.0511. The molecule has 2 aromatic heterocycles. The fraction of sp³-hybridized carbons (Fsp3) is 0.688. The van der Waals surface area contributed by atoms with Crippen LogP contribution in [0.25, 0.3) is 11.2 Å². The largest absolute Gasteiger partial charge is 0.394 e. The molecule has 0 amide bonds. The Balaban J connectivity index is 1.44. The van der Waals surface area contributed by atoms with Crippen LogP contribution in [0, 0.1) is 0 Å². The van der Waals surface area contributed by atoms with Crippen molar-refractivity contribution < 1.29 is 24.8 Å². The van der Waals surface area contributed by atoms with Gasteiger partial charge in [0.05, 0.1) is 31.2 Å². The van der Waals surface area contributed by atoms with Crippen molar-refractivity contribution in [1.82, 2.24) is 19.5 Å². The van der Waals surface area contributed by atoms with Crippen LogP contribution in [0.15, 0.2) is 12.7 Å². The summed E-state index contributed by atoms with van der Waals surface area (Å²) < 4.78 is 13.0. The first-order valence-corrected chi connectivity index (χ1v) is 8.87. The van der Waals surface area contributed by atoms with E-state index in [4.69, 9.17) is 9.47 Å². The molecule has 5 rings (SSSR count). The van der Waals surface area contributed by atoms with E-state index in [9.17, 15) is 15.3 Å². The maximum absolute atomic E-state index is 10.3. The molecular weight excluding hydrogens is 342 g/mol. The molecule has 3 aliphatic heterocycles. The van der Waals surface area contributed by atoms with Crippen molar-refractivity contribution in [3.05, 3.63) is 12.7 Å². The highest BCUT2D eigenvalue weighted by Crippen LogP contribution is 2.37. The van der Waals surface area contributed by atoms with Gasteiger partial charge < -0.3 is 30.1 Å². The van der Waals surface area contributed by atoms with Crippen molar-refractivity contribution in [3.63, 3.8) is 0 Å². The van der Waals surface area contributed by atoms with Crippen LogP contribution in [0.3, 0.4) is 0 Å². The van der Waals surface area contributed by atoms with Crippen LogP contribution in [-0.4, -0.2) is 78.0 Å². The van der Waals surface area contributed by atoms with Crippen LogP contribution < -0.4 is 5.32 Å². The first-order valence-electron chi connectivity index (χ1n) is 8.87. The van der Waals surface area contributed by atoms with Gasteiger partial charge in [0.1, 0.15) is 24.6 Å². The van der Waals surface area contributed by atoms with Crippen LogP contribution >= 0.6 is 0 Å². The van der Waals surface area contributed by atoms with Crippen molar-refractivity contribution in [2.75, 3.05) is 11.9 Å². The molecule has 140 valence electrons. The van der Waals surface area contributed by atoms with Crippen molar-refractivity contribution in [2.24, 2.45) is 0 Å². The quantitative estimate of drug-likeness (QED) is 0.549. The number of aliphatic hydroxyl groups is 3. The molecule has 3 saturated heterocycles. The van der Waals surface area contributed by atoms with Crippen molar-refractivity contribution >= 4 is 17.0 Å². The predicted octanol–water partition coefficient (Wildman–Crippen LogP) is -0.830. The Bertz CT molecular complexity index is 815. The van der Waals surface area contributed by atoms with Crippen LogP contribution in [0.2, 0.25) is 0 Å². The average molecular weight is 363 g/mol. The zero-order valence-corrected chi connectivity index (χ0v) is 14.0. The Morgan fingerprint density at radius 1 is 1.15 bits per heavy atom. The summed E-state index contributed by atoms with van der Waals surface area (Å²) in [6.07, 6.45) is 2.49. The lowest BCUT2D eigenvalue weighted by Crippen LogP contribution is -2.33. The third kappa shape index (κ3) is 2.41. The number of anilines is 1. The van der Waals surface area contributed by atoms with E-state index < -0.39 is 24.5 Å². The van der Waals surface area contributed by atoms with E-state index in [1.54, 1.807) is 4.57 Å². The van der Waals surface area contributed by atoms with Gasteiger partial charge >= 0.3 is 0 Å². The summed E-state index contributed by atoms with van der Waals surface area (Å²) in [7, 11) is 0. The predicted molar refractivity (Wildman–Crippen MR) is 88.3 cm³/mol. The number of hydrogen-bond donors (Lipinski definition) is 4. The number of nitrogens with one attached hydrogen (secondary N) is 1. The molecule has 3 aliphatic rings. The molecule has 0 aliphatic carbocycles. The van der Waals surface area contributed by atoms with Gasteiger partial charge in [0.2, 0.25) is 0 Å². The zero-order valence-electron chi connectivity index (χ0n) is 14.0. The van der Waals surface area contributed by atoms with Crippen molar-refractivity contribution in [2.45, 2.75) is 62.1 Å². The molecule has 5 heterocycles. The number of nitrogens with zero attached hydrogens (tertiary/aromatic N) is 4. The molecular formula is C16H21N5O5. The first kappa shape index (κ1) is 16.3. The fourth-order valence-corrected chi connectivity index (χ4v) is 4.22. The second kappa shape index (κ2) is 6.10. The molecule has 0 unspecified atom stereocenters. The second-order valence-corrected chi connectivity index (χ2v) is 7.14. The van der Waals surface area contributed by atoms with Crippen LogP contribution in [-0.2, 0) is 9.47 Å². The van der Waals surface area contributed by atoms with Gasteiger partial charge in [0.15, 0.2) is 23.2 Å². The molecule has 10 nitrogen and oxygen atoms in total. The van der Waals surface area contributed by atoms with Gasteiger partial charge in [-0.2, -0.15) is 0 Å². The smallest absolute Gasteiger partial charge is 0.167 e. The highest BCUT2D eigenvalue weighted by molar-refractivity contribution is 5.82. The molecule has 4 N–H and O–H groups in total. The molecule has 3 fully saturated rings. The van der Waals surface area contributed by atoms with Gasteiger partial charge in [-0.1, -0.05) is 0 Å². The number of aliphatic hydroxyl groups excluding tert-OH is 3. The number of rotatable bonds is 4. The molecule has 0 radical (unpaired) electrons. The van der Waals surface area contributed by atoms with E-state index in [-0.39, 0.29) is 18.8 Å². The van der Waals surface area contributed by atoms with Gasteiger partial charge in [-0.15, -0.1) is 0 Å². The summed E-state index contributed by atoms with van der Waals surface area (Å²) in [6, 6.07) is 0.200. The summed E-state index contributed by atoms with van der Waals surface area (Å²) in [6.45, 7) is -0.382. The minimum atomic E-state index is -1.19.